The van der Waals surface area contributed by atoms with Gasteiger partial charge in [-0.3, -0.25) is 4.79 Å². The molecule has 0 saturated heterocycles. The van der Waals surface area contributed by atoms with E-state index >= 15 is 0 Å². The summed E-state index contributed by atoms with van der Waals surface area (Å²) in [6.07, 6.45) is 3.11. The molecule has 1 rings (SSSR count). The minimum absolute atomic E-state index is 0.150. The van der Waals surface area contributed by atoms with E-state index in [1.54, 1.807) is 18.2 Å². The van der Waals surface area contributed by atoms with Gasteiger partial charge in [-0.05, 0) is 30.7 Å². The molecule has 0 saturated carbocycles. The third-order valence-corrected chi connectivity index (χ3v) is 2.51. The van der Waals surface area contributed by atoms with Gasteiger partial charge in [-0.15, -0.1) is 0 Å². The Labute approximate surface area is 112 Å². The number of rotatable bonds is 5. The van der Waals surface area contributed by atoms with Crippen molar-refractivity contribution >= 4 is 23.6 Å². The lowest BCUT2D eigenvalue weighted by molar-refractivity contribution is -0.116. The van der Waals surface area contributed by atoms with E-state index in [1.807, 2.05) is 6.92 Å². The SMILES string of the molecule is CCNC(=O)/C=C/c1cc(Cl)c(OC)c(OC)c1. The van der Waals surface area contributed by atoms with Crippen molar-refractivity contribution in [1.29, 1.82) is 0 Å². The first-order valence-corrected chi connectivity index (χ1v) is 5.87. The van der Waals surface area contributed by atoms with Crippen LogP contribution in [0.1, 0.15) is 12.5 Å². The predicted octanol–water partition coefficient (Wildman–Crippen LogP) is 2.51. The molecule has 1 amide bonds. The molecule has 0 bridgehead atoms. The highest BCUT2D eigenvalue weighted by atomic mass is 35.5. The first-order valence-electron chi connectivity index (χ1n) is 5.49. The van der Waals surface area contributed by atoms with Crippen LogP contribution in [0.2, 0.25) is 5.02 Å². The Hall–Kier alpha value is -1.68. The van der Waals surface area contributed by atoms with E-state index in [0.717, 1.165) is 5.56 Å². The van der Waals surface area contributed by atoms with Crippen LogP contribution in [0.15, 0.2) is 18.2 Å². The molecule has 0 radical (unpaired) electrons. The number of ether oxygens (including phenoxy) is 2. The fourth-order valence-electron chi connectivity index (χ4n) is 1.44. The molecule has 0 atom stereocenters. The van der Waals surface area contributed by atoms with Crippen LogP contribution in [0.5, 0.6) is 11.5 Å². The van der Waals surface area contributed by atoms with Gasteiger partial charge in [0.1, 0.15) is 0 Å². The molecule has 0 heterocycles. The lowest BCUT2D eigenvalue weighted by atomic mass is 10.2. The molecule has 0 aliphatic carbocycles. The van der Waals surface area contributed by atoms with Gasteiger partial charge in [0, 0.05) is 12.6 Å². The fourth-order valence-corrected chi connectivity index (χ4v) is 1.74. The van der Waals surface area contributed by atoms with Gasteiger partial charge in [0.25, 0.3) is 0 Å². The third-order valence-electron chi connectivity index (χ3n) is 2.23. The summed E-state index contributed by atoms with van der Waals surface area (Å²) in [5.41, 5.74) is 0.768. The summed E-state index contributed by atoms with van der Waals surface area (Å²) < 4.78 is 10.3. The van der Waals surface area contributed by atoms with Crippen molar-refractivity contribution in [3.63, 3.8) is 0 Å². The number of nitrogens with one attached hydrogen (secondary N) is 1. The molecule has 0 aliphatic heterocycles. The first kappa shape index (κ1) is 14.4. The van der Waals surface area contributed by atoms with Crippen LogP contribution in [-0.2, 0) is 4.79 Å². The zero-order chi connectivity index (χ0) is 13.5. The van der Waals surface area contributed by atoms with E-state index in [1.165, 1.54) is 20.3 Å². The van der Waals surface area contributed by atoms with Crippen molar-refractivity contribution in [3.8, 4) is 11.5 Å². The van der Waals surface area contributed by atoms with Gasteiger partial charge in [0.05, 0.1) is 19.2 Å². The average molecular weight is 270 g/mol. The Bertz CT molecular complexity index is 458. The normalized spacial score (nSPS) is 10.4. The summed E-state index contributed by atoms with van der Waals surface area (Å²) in [5, 5.41) is 3.10. The molecule has 5 heteroatoms. The number of carbonyl (C=O) groups is 1. The summed E-state index contributed by atoms with van der Waals surface area (Å²) in [4.78, 5) is 11.3. The molecule has 0 aromatic heterocycles. The molecule has 18 heavy (non-hydrogen) atoms. The van der Waals surface area contributed by atoms with E-state index in [0.29, 0.717) is 23.1 Å². The first-order chi connectivity index (χ1) is 8.62. The lowest BCUT2D eigenvalue weighted by Gasteiger charge is -2.10. The van der Waals surface area contributed by atoms with Gasteiger partial charge in [-0.1, -0.05) is 11.6 Å². The predicted molar refractivity (Wildman–Crippen MR) is 72.3 cm³/mol. The monoisotopic (exact) mass is 269 g/mol. The summed E-state index contributed by atoms with van der Waals surface area (Å²) in [6, 6.07) is 3.46. The van der Waals surface area contributed by atoms with Crippen LogP contribution in [0.25, 0.3) is 6.08 Å². The molecular formula is C13H16ClNO3. The Morgan fingerprint density at radius 3 is 2.67 bits per heavy atom. The van der Waals surface area contributed by atoms with Gasteiger partial charge in [0.2, 0.25) is 5.91 Å². The van der Waals surface area contributed by atoms with Crippen molar-refractivity contribution in [2.75, 3.05) is 20.8 Å². The van der Waals surface area contributed by atoms with Crippen molar-refractivity contribution in [1.82, 2.24) is 5.32 Å². The molecule has 0 spiro atoms. The van der Waals surface area contributed by atoms with Gasteiger partial charge in [0.15, 0.2) is 11.5 Å². The number of benzene rings is 1. The Kier molecular flexibility index (Phi) is 5.52. The van der Waals surface area contributed by atoms with Crippen molar-refractivity contribution in [2.24, 2.45) is 0 Å². The maximum atomic E-state index is 11.3. The molecule has 4 nitrogen and oxygen atoms in total. The maximum absolute atomic E-state index is 11.3. The second-order valence-corrected chi connectivity index (χ2v) is 3.87. The van der Waals surface area contributed by atoms with E-state index in [-0.39, 0.29) is 5.91 Å². The molecule has 1 N–H and O–H groups in total. The zero-order valence-corrected chi connectivity index (χ0v) is 11.4. The van der Waals surface area contributed by atoms with E-state index < -0.39 is 0 Å². The Morgan fingerprint density at radius 1 is 1.39 bits per heavy atom. The Balaban J connectivity index is 2.98. The number of amides is 1. The largest absolute Gasteiger partial charge is 0.493 e. The van der Waals surface area contributed by atoms with Gasteiger partial charge >= 0.3 is 0 Å². The number of likely N-dealkylation sites (N-methyl/N-ethyl adjacent to an activating group) is 1. The molecule has 0 aliphatic rings. The van der Waals surface area contributed by atoms with Crippen LogP contribution in [0.3, 0.4) is 0 Å². The standard InChI is InChI=1S/C13H16ClNO3/c1-4-15-12(16)6-5-9-7-10(14)13(18-3)11(8-9)17-2/h5-8H,4H2,1-3H3,(H,15,16)/b6-5+. The highest BCUT2D eigenvalue weighted by Gasteiger charge is 2.09. The summed E-state index contributed by atoms with van der Waals surface area (Å²) >= 11 is 6.05. The minimum atomic E-state index is -0.150. The van der Waals surface area contributed by atoms with Crippen LogP contribution in [-0.4, -0.2) is 26.7 Å². The van der Waals surface area contributed by atoms with Crippen LogP contribution < -0.4 is 14.8 Å². The second-order valence-electron chi connectivity index (χ2n) is 3.47. The highest BCUT2D eigenvalue weighted by Crippen LogP contribution is 2.36. The molecule has 0 unspecified atom stereocenters. The highest BCUT2D eigenvalue weighted by molar-refractivity contribution is 6.32. The van der Waals surface area contributed by atoms with Crippen LogP contribution in [0.4, 0.5) is 0 Å². The van der Waals surface area contributed by atoms with E-state index in [4.69, 9.17) is 21.1 Å². The average Bonchev–Trinajstić information content (AvgIpc) is 2.36. The smallest absolute Gasteiger partial charge is 0.243 e. The van der Waals surface area contributed by atoms with Crippen molar-refractivity contribution in [2.45, 2.75) is 6.92 Å². The molecular weight excluding hydrogens is 254 g/mol. The number of hydrogen-bond donors (Lipinski definition) is 1. The van der Waals surface area contributed by atoms with E-state index in [2.05, 4.69) is 5.32 Å². The van der Waals surface area contributed by atoms with Gasteiger partial charge in [-0.25, -0.2) is 0 Å². The maximum Gasteiger partial charge on any atom is 0.243 e. The molecule has 1 aromatic rings. The van der Waals surface area contributed by atoms with Gasteiger partial charge in [-0.2, -0.15) is 0 Å². The topological polar surface area (TPSA) is 47.6 Å². The molecule has 98 valence electrons. The van der Waals surface area contributed by atoms with Crippen molar-refractivity contribution in [3.05, 3.63) is 28.8 Å². The second kappa shape index (κ2) is 6.91. The zero-order valence-electron chi connectivity index (χ0n) is 10.6. The number of carbonyl (C=O) groups excluding carboxylic acids is 1. The Morgan fingerprint density at radius 2 is 2.11 bits per heavy atom. The third kappa shape index (κ3) is 3.67. The minimum Gasteiger partial charge on any atom is -0.493 e. The van der Waals surface area contributed by atoms with E-state index in [9.17, 15) is 4.79 Å². The van der Waals surface area contributed by atoms with Crippen molar-refractivity contribution < 1.29 is 14.3 Å². The number of halogens is 1. The van der Waals surface area contributed by atoms with Crippen LogP contribution in [0, 0.1) is 0 Å². The fraction of sp³-hybridized carbons (Fsp3) is 0.308. The van der Waals surface area contributed by atoms with Gasteiger partial charge < -0.3 is 14.8 Å². The summed E-state index contributed by atoms with van der Waals surface area (Å²) in [7, 11) is 3.05. The molecule has 0 fully saturated rings. The summed E-state index contributed by atoms with van der Waals surface area (Å²) in [5.74, 6) is 0.860. The van der Waals surface area contributed by atoms with Crippen LogP contribution >= 0.6 is 11.6 Å². The quantitative estimate of drug-likeness (QED) is 0.836. The number of methoxy groups -OCH3 is 2. The summed E-state index contributed by atoms with van der Waals surface area (Å²) in [6.45, 7) is 2.45. The lowest BCUT2D eigenvalue weighted by Crippen LogP contribution is -2.19. The number of hydrogen-bond acceptors (Lipinski definition) is 3. The molecule has 1 aromatic carbocycles.